The third-order valence-corrected chi connectivity index (χ3v) is 6.07. The lowest BCUT2D eigenvalue weighted by molar-refractivity contribution is -0.121. The predicted octanol–water partition coefficient (Wildman–Crippen LogP) is 2.76. The molecule has 1 aromatic heterocycles. The Labute approximate surface area is 192 Å². The fourth-order valence-electron chi connectivity index (χ4n) is 4.10. The lowest BCUT2D eigenvalue weighted by atomic mass is 10.0. The molecule has 0 spiro atoms. The van der Waals surface area contributed by atoms with E-state index in [2.05, 4.69) is 35.4 Å². The van der Waals surface area contributed by atoms with E-state index in [0.717, 1.165) is 49.5 Å². The minimum atomic E-state index is -0.150. The molecule has 8 heteroatoms. The molecule has 0 aliphatic carbocycles. The normalized spacial score (nSPS) is 16.2. The Bertz CT molecular complexity index is 1200. The molecule has 0 unspecified atom stereocenters. The van der Waals surface area contributed by atoms with Crippen LogP contribution in [0, 0.1) is 11.5 Å². The summed E-state index contributed by atoms with van der Waals surface area (Å²) < 4.78 is 5.60. The van der Waals surface area contributed by atoms with Gasteiger partial charge in [0.2, 0.25) is 0 Å². The first-order valence-corrected chi connectivity index (χ1v) is 11.0. The number of nitrogens with zero attached hydrogens (tertiary/aromatic N) is 6. The van der Waals surface area contributed by atoms with Gasteiger partial charge in [-0.25, -0.2) is 9.97 Å². The first kappa shape index (κ1) is 20.9. The van der Waals surface area contributed by atoms with Crippen LogP contribution in [0.15, 0.2) is 54.6 Å². The van der Waals surface area contributed by atoms with Crippen molar-refractivity contribution in [3.05, 3.63) is 60.2 Å². The molecule has 0 radical (unpaired) electrons. The summed E-state index contributed by atoms with van der Waals surface area (Å²) >= 11 is 0. The van der Waals surface area contributed by atoms with Crippen molar-refractivity contribution in [3.8, 4) is 34.6 Å². The van der Waals surface area contributed by atoms with Gasteiger partial charge >= 0.3 is 0 Å². The fraction of sp³-hybridized carbons (Fsp3) is 0.280. The van der Waals surface area contributed by atoms with Crippen LogP contribution in [0.25, 0.3) is 22.5 Å². The molecule has 5 rings (SSSR count). The highest BCUT2D eigenvalue weighted by Gasteiger charge is 2.28. The van der Waals surface area contributed by atoms with E-state index in [1.54, 1.807) is 11.9 Å². The number of hydrogen-bond donors (Lipinski definition) is 0. The molecule has 8 nitrogen and oxygen atoms in total. The average molecular weight is 441 g/mol. The van der Waals surface area contributed by atoms with Crippen LogP contribution >= 0.6 is 0 Å². The van der Waals surface area contributed by atoms with Crippen LogP contribution in [-0.2, 0) is 11.3 Å². The summed E-state index contributed by atoms with van der Waals surface area (Å²) in [5.74, 6) is 0.650. The predicted molar refractivity (Wildman–Crippen MR) is 124 cm³/mol. The van der Waals surface area contributed by atoms with Crippen molar-refractivity contribution in [2.75, 3.05) is 44.7 Å². The molecule has 3 heterocycles. The van der Waals surface area contributed by atoms with Gasteiger partial charge in [0.25, 0.3) is 11.8 Å². The van der Waals surface area contributed by atoms with Crippen LogP contribution < -0.4 is 9.64 Å². The standard InChI is InChI=1S/C25H24N6O2/c1-29-21(32)16-33-25-24(29)27-22(19-5-3-2-4-6-19)23(28-25)20-9-7-18(8-10-20)15-30-11-13-31(17-26)14-12-30/h2-10H,11-16H2,1H3. The minimum absolute atomic E-state index is 0.0414. The summed E-state index contributed by atoms with van der Waals surface area (Å²) in [6.07, 6.45) is 2.22. The summed E-state index contributed by atoms with van der Waals surface area (Å²) in [6, 6.07) is 18.2. The Morgan fingerprint density at radius 2 is 1.61 bits per heavy atom. The first-order valence-electron chi connectivity index (χ1n) is 11.0. The zero-order valence-electron chi connectivity index (χ0n) is 18.4. The number of likely N-dealkylation sites (N-methyl/N-ethyl adjacent to an activating group) is 1. The van der Waals surface area contributed by atoms with Gasteiger partial charge in [-0.3, -0.25) is 14.6 Å². The Kier molecular flexibility index (Phi) is 5.63. The van der Waals surface area contributed by atoms with Crippen LogP contribution in [0.3, 0.4) is 0 Å². The molecule has 0 atom stereocenters. The number of anilines is 1. The molecule has 2 aliphatic rings. The van der Waals surface area contributed by atoms with E-state index in [0.29, 0.717) is 17.4 Å². The second-order valence-corrected chi connectivity index (χ2v) is 8.22. The van der Waals surface area contributed by atoms with Gasteiger partial charge in [-0.15, -0.1) is 0 Å². The summed E-state index contributed by atoms with van der Waals surface area (Å²) in [7, 11) is 1.69. The molecule has 0 bridgehead atoms. The van der Waals surface area contributed by atoms with Gasteiger partial charge in [-0.2, -0.15) is 5.26 Å². The number of carbonyl (C=O) groups excluding carboxylic acids is 1. The lowest BCUT2D eigenvalue weighted by Crippen LogP contribution is -2.43. The maximum absolute atomic E-state index is 12.1. The number of hydrogen-bond acceptors (Lipinski definition) is 7. The SMILES string of the molecule is CN1C(=O)COc2nc(-c3ccc(CN4CCN(C#N)CC4)cc3)c(-c3ccccc3)nc21. The van der Waals surface area contributed by atoms with Crippen LogP contribution in [-0.4, -0.2) is 65.5 Å². The number of benzene rings is 2. The zero-order chi connectivity index (χ0) is 22.8. The largest absolute Gasteiger partial charge is 0.465 e. The monoisotopic (exact) mass is 440 g/mol. The van der Waals surface area contributed by atoms with Gasteiger partial charge in [0, 0.05) is 50.9 Å². The van der Waals surface area contributed by atoms with Gasteiger partial charge in [-0.05, 0) is 5.56 Å². The zero-order valence-corrected chi connectivity index (χ0v) is 18.4. The number of amides is 1. The van der Waals surface area contributed by atoms with Crippen molar-refractivity contribution < 1.29 is 9.53 Å². The molecule has 2 aromatic carbocycles. The molecule has 166 valence electrons. The van der Waals surface area contributed by atoms with Crippen molar-refractivity contribution in [2.45, 2.75) is 6.54 Å². The summed E-state index contributed by atoms with van der Waals surface area (Å²) in [5.41, 5.74) is 4.49. The molecule has 1 saturated heterocycles. The Morgan fingerprint density at radius 3 is 2.30 bits per heavy atom. The van der Waals surface area contributed by atoms with E-state index in [-0.39, 0.29) is 12.5 Å². The first-order chi connectivity index (χ1) is 16.1. The van der Waals surface area contributed by atoms with Crippen molar-refractivity contribution >= 4 is 11.7 Å². The van der Waals surface area contributed by atoms with E-state index < -0.39 is 0 Å². The quantitative estimate of drug-likeness (QED) is 0.577. The number of nitriles is 1. The van der Waals surface area contributed by atoms with Crippen molar-refractivity contribution in [1.29, 1.82) is 5.26 Å². The van der Waals surface area contributed by atoms with E-state index in [9.17, 15) is 4.79 Å². The summed E-state index contributed by atoms with van der Waals surface area (Å²) in [4.78, 5) is 27.3. The number of fused-ring (bicyclic) bond motifs is 1. The van der Waals surface area contributed by atoms with Crippen LogP contribution in [0.1, 0.15) is 5.56 Å². The van der Waals surface area contributed by atoms with Gasteiger partial charge in [0.15, 0.2) is 18.6 Å². The maximum Gasteiger partial charge on any atom is 0.266 e. The van der Waals surface area contributed by atoms with E-state index >= 15 is 0 Å². The van der Waals surface area contributed by atoms with Crippen molar-refractivity contribution in [3.63, 3.8) is 0 Å². The third kappa shape index (κ3) is 4.23. The second kappa shape index (κ2) is 8.88. The Hall–Kier alpha value is -3.96. The summed E-state index contributed by atoms with van der Waals surface area (Å²) in [5, 5.41) is 9.03. The molecule has 33 heavy (non-hydrogen) atoms. The number of piperazine rings is 1. The lowest BCUT2D eigenvalue weighted by Gasteiger charge is -2.31. The number of aromatic nitrogens is 2. The number of ether oxygens (including phenoxy) is 1. The molecule has 2 aliphatic heterocycles. The summed E-state index contributed by atoms with van der Waals surface area (Å²) in [6.45, 7) is 4.12. The second-order valence-electron chi connectivity index (χ2n) is 8.22. The molecule has 1 fully saturated rings. The molecular weight excluding hydrogens is 416 g/mol. The van der Waals surface area contributed by atoms with Crippen molar-refractivity contribution in [1.82, 2.24) is 19.8 Å². The molecule has 0 saturated carbocycles. The van der Waals surface area contributed by atoms with Gasteiger partial charge in [0.1, 0.15) is 5.69 Å². The van der Waals surface area contributed by atoms with E-state index in [4.69, 9.17) is 20.0 Å². The average Bonchev–Trinajstić information content (AvgIpc) is 2.87. The molecule has 1 amide bonds. The fourth-order valence-corrected chi connectivity index (χ4v) is 4.10. The molecule has 3 aromatic rings. The van der Waals surface area contributed by atoms with Crippen LogP contribution in [0.5, 0.6) is 5.88 Å². The topological polar surface area (TPSA) is 85.6 Å². The highest BCUT2D eigenvalue weighted by Crippen LogP contribution is 2.36. The van der Waals surface area contributed by atoms with Crippen LogP contribution in [0.4, 0.5) is 5.82 Å². The Balaban J connectivity index is 1.46. The smallest absolute Gasteiger partial charge is 0.266 e. The highest BCUT2D eigenvalue weighted by atomic mass is 16.5. The van der Waals surface area contributed by atoms with E-state index in [1.165, 1.54) is 10.5 Å². The van der Waals surface area contributed by atoms with Gasteiger partial charge in [0.05, 0.1) is 5.69 Å². The maximum atomic E-state index is 12.1. The van der Waals surface area contributed by atoms with Gasteiger partial charge < -0.3 is 9.64 Å². The number of carbonyl (C=O) groups is 1. The van der Waals surface area contributed by atoms with Crippen LogP contribution in [0.2, 0.25) is 0 Å². The third-order valence-electron chi connectivity index (χ3n) is 6.07. The Morgan fingerprint density at radius 1 is 0.939 bits per heavy atom. The minimum Gasteiger partial charge on any atom is -0.465 e. The van der Waals surface area contributed by atoms with E-state index in [1.807, 2.05) is 30.3 Å². The van der Waals surface area contributed by atoms with Crippen molar-refractivity contribution in [2.24, 2.45) is 0 Å². The molecule has 0 N–H and O–H groups in total. The highest BCUT2D eigenvalue weighted by molar-refractivity contribution is 5.96. The molecular formula is C25H24N6O2. The number of rotatable bonds is 4. The van der Waals surface area contributed by atoms with Gasteiger partial charge in [-0.1, -0.05) is 54.6 Å².